The topological polar surface area (TPSA) is 28.4 Å². The molecule has 19 heavy (non-hydrogen) atoms. The Labute approximate surface area is 118 Å². The van der Waals surface area contributed by atoms with Gasteiger partial charge < -0.3 is 14.6 Å². The number of hydrogen-bond acceptors (Lipinski definition) is 3. The maximum absolute atomic E-state index is 5.63. The molecule has 3 nitrogen and oxygen atoms in total. The van der Waals surface area contributed by atoms with Gasteiger partial charge in [-0.25, -0.2) is 0 Å². The van der Waals surface area contributed by atoms with Crippen molar-refractivity contribution in [2.75, 3.05) is 20.6 Å². The third kappa shape index (κ3) is 5.37. The number of hydrogen-bond donors (Lipinski definition) is 1. The third-order valence-electron chi connectivity index (χ3n) is 3.37. The highest BCUT2D eigenvalue weighted by Crippen LogP contribution is 2.22. The number of likely N-dealkylation sites (N-methyl/N-ethyl adjacent to an activating group) is 1. The Morgan fingerprint density at radius 2 is 1.84 bits per heavy atom. The summed E-state index contributed by atoms with van der Waals surface area (Å²) in [6.45, 7) is 11.9. The first-order valence-electron chi connectivity index (χ1n) is 7.27. The highest BCUT2D eigenvalue weighted by Gasteiger charge is 2.18. The molecule has 0 spiro atoms. The predicted molar refractivity (Wildman–Crippen MR) is 81.5 cm³/mol. The lowest BCUT2D eigenvalue weighted by molar-refractivity contribution is 0.290. The minimum absolute atomic E-state index is 0.334. The van der Waals surface area contributed by atoms with E-state index < -0.39 is 0 Å². The smallest absolute Gasteiger partial charge is 0.105 e. The Balaban J connectivity index is 2.69. The van der Waals surface area contributed by atoms with E-state index in [0.717, 1.165) is 18.1 Å². The average molecular weight is 266 g/mol. The van der Waals surface area contributed by atoms with Gasteiger partial charge in [-0.1, -0.05) is 13.8 Å². The number of nitrogens with one attached hydrogen (secondary N) is 1. The second-order valence-corrected chi connectivity index (χ2v) is 6.35. The van der Waals surface area contributed by atoms with Crippen LogP contribution in [-0.4, -0.2) is 31.6 Å². The maximum atomic E-state index is 5.63. The molecule has 2 unspecified atom stereocenters. The number of aryl methyl sites for hydroxylation is 2. The molecule has 0 fully saturated rings. The molecule has 1 aromatic rings. The van der Waals surface area contributed by atoms with Crippen LogP contribution < -0.4 is 5.32 Å². The summed E-state index contributed by atoms with van der Waals surface area (Å²) in [4.78, 5) is 2.25. The summed E-state index contributed by atoms with van der Waals surface area (Å²) in [6.07, 6.45) is 1.19. The number of nitrogens with zero attached hydrogens (tertiary/aromatic N) is 1. The van der Waals surface area contributed by atoms with Gasteiger partial charge in [0.15, 0.2) is 0 Å². The van der Waals surface area contributed by atoms with Gasteiger partial charge in [-0.05, 0) is 53.3 Å². The molecule has 0 aliphatic heterocycles. The van der Waals surface area contributed by atoms with Crippen LogP contribution >= 0.6 is 0 Å². The van der Waals surface area contributed by atoms with E-state index in [1.165, 1.54) is 12.0 Å². The fourth-order valence-corrected chi connectivity index (χ4v) is 2.73. The van der Waals surface area contributed by atoms with Crippen LogP contribution in [0.4, 0.5) is 0 Å². The first-order chi connectivity index (χ1) is 8.79. The van der Waals surface area contributed by atoms with Crippen LogP contribution in [-0.2, 0) is 0 Å². The molecule has 0 radical (unpaired) electrons. The molecule has 1 rings (SSSR count). The molecular weight excluding hydrogens is 236 g/mol. The van der Waals surface area contributed by atoms with Gasteiger partial charge in [-0.3, -0.25) is 0 Å². The fraction of sp³-hybridized carbons (Fsp3) is 0.750. The lowest BCUT2D eigenvalue weighted by Crippen LogP contribution is -2.40. The van der Waals surface area contributed by atoms with E-state index in [2.05, 4.69) is 51.1 Å². The third-order valence-corrected chi connectivity index (χ3v) is 3.37. The standard InChI is InChI=1S/C16H30N2O/c1-11(2)8-15(10-18(6)7)17-13(4)16-9-12(3)19-14(16)5/h9,11,13,15,17H,8,10H2,1-7H3. The Kier molecular flexibility index (Phi) is 6.08. The van der Waals surface area contributed by atoms with Crippen molar-refractivity contribution in [3.05, 3.63) is 23.2 Å². The second kappa shape index (κ2) is 7.11. The zero-order valence-corrected chi connectivity index (χ0v) is 13.6. The molecule has 0 saturated carbocycles. The van der Waals surface area contributed by atoms with Gasteiger partial charge in [0.25, 0.3) is 0 Å². The van der Waals surface area contributed by atoms with Gasteiger partial charge >= 0.3 is 0 Å². The van der Waals surface area contributed by atoms with E-state index in [9.17, 15) is 0 Å². The van der Waals surface area contributed by atoms with Crippen LogP contribution in [0.3, 0.4) is 0 Å². The quantitative estimate of drug-likeness (QED) is 0.818. The van der Waals surface area contributed by atoms with Gasteiger partial charge in [0, 0.05) is 24.2 Å². The molecule has 3 heteroatoms. The van der Waals surface area contributed by atoms with Crippen molar-refractivity contribution < 1.29 is 4.42 Å². The lowest BCUT2D eigenvalue weighted by Gasteiger charge is -2.27. The Bertz CT molecular complexity index is 372. The summed E-state index contributed by atoms with van der Waals surface area (Å²) in [5, 5.41) is 3.75. The molecule has 1 N–H and O–H groups in total. The van der Waals surface area contributed by atoms with Crippen molar-refractivity contribution in [3.63, 3.8) is 0 Å². The second-order valence-electron chi connectivity index (χ2n) is 6.35. The predicted octanol–water partition coefficient (Wildman–Crippen LogP) is 3.52. The van der Waals surface area contributed by atoms with Crippen LogP contribution in [0.15, 0.2) is 10.5 Å². The molecule has 1 aromatic heterocycles. The Morgan fingerprint density at radius 3 is 2.26 bits per heavy atom. The van der Waals surface area contributed by atoms with Crippen molar-refractivity contribution in [3.8, 4) is 0 Å². The summed E-state index contributed by atoms with van der Waals surface area (Å²) < 4.78 is 5.63. The molecule has 110 valence electrons. The van der Waals surface area contributed by atoms with Gasteiger partial charge in [-0.2, -0.15) is 0 Å². The maximum Gasteiger partial charge on any atom is 0.105 e. The molecule has 0 aromatic carbocycles. The van der Waals surface area contributed by atoms with E-state index in [-0.39, 0.29) is 0 Å². The summed E-state index contributed by atoms with van der Waals surface area (Å²) in [5.41, 5.74) is 1.28. The van der Waals surface area contributed by atoms with Crippen molar-refractivity contribution in [1.29, 1.82) is 0 Å². The van der Waals surface area contributed by atoms with E-state index in [4.69, 9.17) is 4.42 Å². The molecule has 0 amide bonds. The van der Waals surface area contributed by atoms with Crippen molar-refractivity contribution in [2.24, 2.45) is 5.92 Å². The Hall–Kier alpha value is -0.800. The Morgan fingerprint density at radius 1 is 1.21 bits per heavy atom. The van der Waals surface area contributed by atoms with Crippen molar-refractivity contribution >= 4 is 0 Å². The zero-order chi connectivity index (χ0) is 14.6. The highest BCUT2D eigenvalue weighted by molar-refractivity contribution is 5.23. The van der Waals surface area contributed by atoms with Gasteiger partial charge in [-0.15, -0.1) is 0 Å². The summed E-state index contributed by atoms with van der Waals surface area (Å²) in [5.74, 6) is 2.73. The zero-order valence-electron chi connectivity index (χ0n) is 13.6. The van der Waals surface area contributed by atoms with Crippen molar-refractivity contribution in [1.82, 2.24) is 10.2 Å². The molecular formula is C16H30N2O. The fourth-order valence-electron chi connectivity index (χ4n) is 2.73. The van der Waals surface area contributed by atoms with E-state index in [1.54, 1.807) is 0 Å². The number of furan rings is 1. The van der Waals surface area contributed by atoms with Gasteiger partial charge in [0.1, 0.15) is 11.5 Å². The number of rotatable bonds is 7. The van der Waals surface area contributed by atoms with E-state index in [1.807, 2.05) is 13.8 Å². The molecule has 0 aliphatic carbocycles. The summed E-state index contributed by atoms with van der Waals surface area (Å²) in [7, 11) is 4.26. The van der Waals surface area contributed by atoms with Crippen LogP contribution in [0.5, 0.6) is 0 Å². The summed E-state index contributed by atoms with van der Waals surface area (Å²) in [6, 6.07) is 3.00. The van der Waals surface area contributed by atoms with Crippen LogP contribution in [0.2, 0.25) is 0 Å². The highest BCUT2D eigenvalue weighted by atomic mass is 16.3. The molecule has 1 heterocycles. The minimum atomic E-state index is 0.334. The molecule has 0 saturated heterocycles. The van der Waals surface area contributed by atoms with Crippen LogP contribution in [0.1, 0.15) is 50.3 Å². The van der Waals surface area contributed by atoms with Gasteiger partial charge in [0.2, 0.25) is 0 Å². The summed E-state index contributed by atoms with van der Waals surface area (Å²) >= 11 is 0. The van der Waals surface area contributed by atoms with Crippen LogP contribution in [0.25, 0.3) is 0 Å². The largest absolute Gasteiger partial charge is 0.466 e. The van der Waals surface area contributed by atoms with Crippen molar-refractivity contribution in [2.45, 2.75) is 53.1 Å². The SMILES string of the molecule is Cc1cc(C(C)NC(CC(C)C)CN(C)C)c(C)o1. The molecule has 0 aliphatic rings. The van der Waals surface area contributed by atoms with Crippen LogP contribution in [0, 0.1) is 19.8 Å². The lowest BCUT2D eigenvalue weighted by atomic mass is 10.0. The minimum Gasteiger partial charge on any atom is -0.466 e. The first-order valence-corrected chi connectivity index (χ1v) is 7.27. The normalized spacial score (nSPS) is 15.2. The monoisotopic (exact) mass is 266 g/mol. The van der Waals surface area contributed by atoms with Gasteiger partial charge in [0.05, 0.1) is 0 Å². The van der Waals surface area contributed by atoms with E-state index in [0.29, 0.717) is 18.0 Å². The average Bonchev–Trinajstić information content (AvgIpc) is 2.55. The first kappa shape index (κ1) is 16.3. The molecule has 0 bridgehead atoms. The van der Waals surface area contributed by atoms with E-state index >= 15 is 0 Å². The molecule has 2 atom stereocenters.